The van der Waals surface area contributed by atoms with Gasteiger partial charge in [0, 0.05) is 0 Å². The van der Waals surface area contributed by atoms with Gasteiger partial charge in [-0.15, -0.1) is 0 Å². The summed E-state index contributed by atoms with van der Waals surface area (Å²) in [5.74, 6) is -1.35. The summed E-state index contributed by atoms with van der Waals surface area (Å²) in [5.41, 5.74) is 0. The first-order valence-corrected chi connectivity index (χ1v) is 2.46. The number of aliphatic hydroxyl groups is 1. The van der Waals surface area contributed by atoms with Crippen molar-refractivity contribution in [1.82, 2.24) is 0 Å². The molecule has 0 heterocycles. The Kier molecular flexibility index (Phi) is 7.52. The molecule has 0 saturated heterocycles. The number of aliphatic hydroxyl groups excluding tert-OH is 1. The SMILES string of the molecule is CC(C)C(O)C(=O)O.[Ca+2].[H-].[H-]. The van der Waals surface area contributed by atoms with Gasteiger partial charge >= 0.3 is 43.7 Å². The quantitative estimate of drug-likeness (QED) is 0.556. The van der Waals surface area contributed by atoms with E-state index in [0.29, 0.717) is 0 Å². The summed E-state index contributed by atoms with van der Waals surface area (Å²) < 4.78 is 0. The van der Waals surface area contributed by atoms with Crippen molar-refractivity contribution in [2.75, 3.05) is 0 Å². The van der Waals surface area contributed by atoms with Crippen LogP contribution >= 0.6 is 0 Å². The van der Waals surface area contributed by atoms with Crippen LogP contribution in [0.3, 0.4) is 0 Å². The average Bonchev–Trinajstić information content (AvgIpc) is 1.64. The van der Waals surface area contributed by atoms with E-state index in [0.717, 1.165) is 0 Å². The standard InChI is InChI=1S/C5H10O3.Ca.2H/c1-3(2)4(6)5(7)8;;;/h3-4,6H,1-2H3,(H,7,8);;;/q;+2;2*-1. The van der Waals surface area contributed by atoms with Gasteiger partial charge in [-0.05, 0) is 5.92 Å². The molecule has 0 spiro atoms. The second kappa shape index (κ2) is 5.47. The van der Waals surface area contributed by atoms with Gasteiger partial charge in [0.2, 0.25) is 0 Å². The Balaban J connectivity index is -0.0000000817. The molecule has 0 aliphatic heterocycles. The van der Waals surface area contributed by atoms with Crippen LogP contribution in [0, 0.1) is 5.92 Å². The predicted molar refractivity (Wildman–Crippen MR) is 36.5 cm³/mol. The van der Waals surface area contributed by atoms with Crippen LogP contribution in [0.15, 0.2) is 0 Å². The Morgan fingerprint density at radius 2 is 1.89 bits per heavy atom. The van der Waals surface area contributed by atoms with Gasteiger partial charge in [-0.3, -0.25) is 0 Å². The molecule has 0 aliphatic rings. The summed E-state index contributed by atoms with van der Waals surface area (Å²) >= 11 is 0. The third-order valence-electron chi connectivity index (χ3n) is 0.884. The molecule has 0 aliphatic carbocycles. The van der Waals surface area contributed by atoms with Crippen LogP contribution in [0.5, 0.6) is 0 Å². The summed E-state index contributed by atoms with van der Waals surface area (Å²) in [4.78, 5) is 9.89. The number of carbonyl (C=O) groups is 1. The van der Waals surface area contributed by atoms with E-state index in [1.807, 2.05) is 0 Å². The molecule has 0 saturated carbocycles. The third kappa shape index (κ3) is 5.15. The normalized spacial score (nSPS) is 12.4. The Hall–Kier alpha value is 0.690. The molecule has 0 fully saturated rings. The Labute approximate surface area is 87.0 Å². The van der Waals surface area contributed by atoms with E-state index in [1.54, 1.807) is 13.8 Å². The molecule has 1 atom stereocenters. The minimum absolute atomic E-state index is 0. The van der Waals surface area contributed by atoms with E-state index >= 15 is 0 Å². The summed E-state index contributed by atoms with van der Waals surface area (Å²) in [5, 5.41) is 16.7. The Morgan fingerprint density at radius 3 is 1.89 bits per heavy atom. The molecule has 0 aromatic heterocycles. The fraction of sp³-hybridized carbons (Fsp3) is 0.800. The largest absolute Gasteiger partial charge is 2.00 e. The van der Waals surface area contributed by atoms with Crippen molar-refractivity contribution in [3.05, 3.63) is 0 Å². The smallest absolute Gasteiger partial charge is 1.00 e. The van der Waals surface area contributed by atoms with Crippen LogP contribution in [0.1, 0.15) is 16.7 Å². The van der Waals surface area contributed by atoms with Crippen molar-refractivity contribution >= 4 is 43.7 Å². The van der Waals surface area contributed by atoms with Gasteiger partial charge < -0.3 is 13.1 Å². The van der Waals surface area contributed by atoms with Crippen molar-refractivity contribution in [3.8, 4) is 0 Å². The minimum atomic E-state index is -1.21. The molecule has 0 rings (SSSR count). The third-order valence-corrected chi connectivity index (χ3v) is 0.884. The van der Waals surface area contributed by atoms with E-state index in [-0.39, 0.29) is 46.5 Å². The van der Waals surface area contributed by atoms with Crippen LogP contribution < -0.4 is 0 Å². The number of hydrogen-bond donors (Lipinski definition) is 2. The van der Waals surface area contributed by atoms with Crippen LogP contribution in [0.25, 0.3) is 0 Å². The average molecular weight is 160 g/mol. The second-order valence-electron chi connectivity index (χ2n) is 2.03. The molecule has 0 amide bonds. The second-order valence-corrected chi connectivity index (χ2v) is 2.03. The summed E-state index contributed by atoms with van der Waals surface area (Å²) in [6, 6.07) is 0. The molecule has 0 radical (unpaired) electrons. The van der Waals surface area contributed by atoms with Crippen molar-refractivity contribution in [2.45, 2.75) is 20.0 Å². The van der Waals surface area contributed by atoms with E-state index in [9.17, 15) is 4.79 Å². The monoisotopic (exact) mass is 160 g/mol. The maximum Gasteiger partial charge on any atom is 2.00 e. The first kappa shape index (κ1) is 12.4. The maximum absolute atomic E-state index is 9.89. The van der Waals surface area contributed by atoms with Gasteiger partial charge in [-0.1, -0.05) is 13.8 Å². The minimum Gasteiger partial charge on any atom is -1.00 e. The number of aliphatic carboxylic acids is 1. The molecule has 1 unspecified atom stereocenters. The van der Waals surface area contributed by atoms with Crippen LogP contribution in [0.4, 0.5) is 0 Å². The number of carboxylic acids is 1. The molecule has 0 aromatic rings. The fourth-order valence-corrected chi connectivity index (χ4v) is 0.285. The van der Waals surface area contributed by atoms with Crippen molar-refractivity contribution in [1.29, 1.82) is 0 Å². The molecular weight excluding hydrogens is 148 g/mol. The van der Waals surface area contributed by atoms with E-state index in [4.69, 9.17) is 10.2 Å². The summed E-state index contributed by atoms with van der Waals surface area (Å²) in [7, 11) is 0. The summed E-state index contributed by atoms with van der Waals surface area (Å²) in [6.45, 7) is 3.30. The molecule has 2 N–H and O–H groups in total. The van der Waals surface area contributed by atoms with Crippen LogP contribution in [0.2, 0.25) is 0 Å². The molecule has 0 aromatic carbocycles. The number of rotatable bonds is 2. The topological polar surface area (TPSA) is 57.5 Å². The van der Waals surface area contributed by atoms with Gasteiger partial charge in [0.25, 0.3) is 0 Å². The number of carboxylic acid groups (broad SMARTS) is 1. The van der Waals surface area contributed by atoms with Crippen LogP contribution in [-0.2, 0) is 4.79 Å². The first-order valence-electron chi connectivity index (χ1n) is 2.46. The van der Waals surface area contributed by atoms with Crippen molar-refractivity contribution in [2.24, 2.45) is 5.92 Å². The van der Waals surface area contributed by atoms with Gasteiger partial charge in [0.05, 0.1) is 0 Å². The maximum atomic E-state index is 9.89. The van der Waals surface area contributed by atoms with Gasteiger partial charge in [0.15, 0.2) is 6.10 Å². The molecule has 9 heavy (non-hydrogen) atoms. The molecule has 3 nitrogen and oxygen atoms in total. The van der Waals surface area contributed by atoms with Crippen molar-refractivity contribution in [3.63, 3.8) is 0 Å². The van der Waals surface area contributed by atoms with Gasteiger partial charge in [-0.25, -0.2) is 4.79 Å². The van der Waals surface area contributed by atoms with Crippen molar-refractivity contribution < 1.29 is 17.9 Å². The zero-order valence-electron chi connectivity index (χ0n) is 7.66. The zero-order chi connectivity index (χ0) is 6.73. The fourth-order valence-electron chi connectivity index (χ4n) is 0.285. The Morgan fingerprint density at radius 1 is 1.56 bits per heavy atom. The number of hydrogen-bond acceptors (Lipinski definition) is 2. The van der Waals surface area contributed by atoms with E-state index in [2.05, 4.69) is 0 Å². The Bertz CT molecular complexity index is 99.7. The molecule has 4 heteroatoms. The van der Waals surface area contributed by atoms with E-state index < -0.39 is 12.1 Å². The molecular formula is C5H12CaO3. The molecule has 52 valence electrons. The van der Waals surface area contributed by atoms with E-state index in [1.165, 1.54) is 0 Å². The van der Waals surface area contributed by atoms with Gasteiger partial charge in [-0.2, -0.15) is 0 Å². The summed E-state index contributed by atoms with van der Waals surface area (Å²) in [6.07, 6.45) is -1.21. The van der Waals surface area contributed by atoms with Crippen LogP contribution in [-0.4, -0.2) is 60.0 Å². The predicted octanol–water partition coefficient (Wildman–Crippen LogP) is -0.0679. The van der Waals surface area contributed by atoms with Gasteiger partial charge in [0.1, 0.15) is 0 Å². The first-order chi connectivity index (χ1) is 3.55. The zero-order valence-corrected chi connectivity index (χ0v) is 7.87. The molecule has 0 bridgehead atoms.